The predicted molar refractivity (Wildman–Crippen MR) is 133 cm³/mol. The molecule has 2 aromatic heterocycles. The van der Waals surface area contributed by atoms with E-state index >= 15 is 0 Å². The molecular formula is C21H19Cl5N4O4. The normalized spacial score (nSPS) is 11.1. The number of amides is 2. The largest absolute Gasteiger partial charge is 0.482 e. The second-order valence-corrected chi connectivity index (χ2v) is 9.43. The number of nitrogens with one attached hydrogen (secondary N) is 2. The van der Waals surface area contributed by atoms with Crippen molar-refractivity contribution in [3.05, 3.63) is 60.7 Å². The van der Waals surface area contributed by atoms with Crippen LogP contribution < -0.4 is 15.4 Å². The molecule has 3 rings (SSSR count). The SMILES string of the molecule is CC(C)CNC(=O)c1c(NC(=O)c2ccc(COc3c(Cl)c(Cl)c(Cl)c(Cl)c3Cl)o2)cnn1C. The number of benzene rings is 1. The number of carbonyl (C=O) groups excluding carboxylic acids is 2. The number of nitrogens with zero attached hydrogens (tertiary/aromatic N) is 2. The van der Waals surface area contributed by atoms with E-state index in [1.165, 1.54) is 23.0 Å². The summed E-state index contributed by atoms with van der Waals surface area (Å²) < 4.78 is 12.5. The molecule has 2 heterocycles. The Bertz CT molecular complexity index is 1210. The monoisotopic (exact) mass is 566 g/mol. The number of hydrogen-bond acceptors (Lipinski definition) is 5. The van der Waals surface area contributed by atoms with E-state index in [4.69, 9.17) is 67.2 Å². The maximum Gasteiger partial charge on any atom is 0.291 e. The van der Waals surface area contributed by atoms with Crippen molar-refractivity contribution < 1.29 is 18.7 Å². The van der Waals surface area contributed by atoms with Gasteiger partial charge in [0.25, 0.3) is 11.8 Å². The van der Waals surface area contributed by atoms with Gasteiger partial charge in [0.1, 0.15) is 28.1 Å². The van der Waals surface area contributed by atoms with Crippen molar-refractivity contribution in [2.75, 3.05) is 11.9 Å². The number of carbonyl (C=O) groups is 2. The Morgan fingerprint density at radius 3 is 2.26 bits per heavy atom. The smallest absolute Gasteiger partial charge is 0.291 e. The van der Waals surface area contributed by atoms with Crippen LogP contribution in [0.5, 0.6) is 5.75 Å². The van der Waals surface area contributed by atoms with Gasteiger partial charge in [-0.2, -0.15) is 5.10 Å². The Balaban J connectivity index is 1.70. The molecule has 8 nitrogen and oxygen atoms in total. The maximum absolute atomic E-state index is 12.7. The summed E-state index contributed by atoms with van der Waals surface area (Å²) in [6, 6.07) is 2.99. The fourth-order valence-electron chi connectivity index (χ4n) is 2.80. The average molecular weight is 569 g/mol. The third-order valence-electron chi connectivity index (χ3n) is 4.49. The van der Waals surface area contributed by atoms with E-state index in [9.17, 15) is 9.59 Å². The van der Waals surface area contributed by atoms with Crippen LogP contribution in [0.3, 0.4) is 0 Å². The zero-order valence-electron chi connectivity index (χ0n) is 18.1. The lowest BCUT2D eigenvalue weighted by molar-refractivity contribution is 0.0940. The fraction of sp³-hybridized carbons (Fsp3) is 0.286. The number of furan rings is 1. The van der Waals surface area contributed by atoms with E-state index in [1.807, 2.05) is 13.8 Å². The van der Waals surface area contributed by atoms with Gasteiger partial charge in [0.2, 0.25) is 0 Å². The Morgan fingerprint density at radius 2 is 1.65 bits per heavy atom. The number of aryl methyl sites for hydroxylation is 1. The highest BCUT2D eigenvalue weighted by Crippen LogP contribution is 2.48. The van der Waals surface area contributed by atoms with Crippen LogP contribution in [0.25, 0.3) is 0 Å². The van der Waals surface area contributed by atoms with Crippen molar-refractivity contribution in [2.45, 2.75) is 20.5 Å². The van der Waals surface area contributed by atoms with Gasteiger partial charge in [-0.05, 0) is 18.1 Å². The van der Waals surface area contributed by atoms with Gasteiger partial charge in [0, 0.05) is 13.6 Å². The third-order valence-corrected chi connectivity index (χ3v) is 6.73. The first-order valence-electron chi connectivity index (χ1n) is 9.85. The van der Waals surface area contributed by atoms with Gasteiger partial charge in [0.15, 0.2) is 11.5 Å². The first kappa shape index (κ1) is 26.5. The van der Waals surface area contributed by atoms with Crippen LogP contribution in [-0.2, 0) is 13.7 Å². The molecule has 0 aliphatic carbocycles. The zero-order valence-corrected chi connectivity index (χ0v) is 21.9. The predicted octanol–water partition coefficient (Wildman–Crippen LogP) is 6.50. The van der Waals surface area contributed by atoms with Crippen LogP contribution in [-0.4, -0.2) is 28.1 Å². The molecular weight excluding hydrogens is 550 g/mol. The van der Waals surface area contributed by atoms with Gasteiger partial charge in [-0.1, -0.05) is 71.9 Å². The van der Waals surface area contributed by atoms with Gasteiger partial charge >= 0.3 is 0 Å². The molecule has 1 aromatic carbocycles. The van der Waals surface area contributed by atoms with Crippen LogP contribution in [0, 0.1) is 5.92 Å². The lowest BCUT2D eigenvalue weighted by Gasteiger charge is -2.12. The van der Waals surface area contributed by atoms with Crippen molar-refractivity contribution in [1.29, 1.82) is 0 Å². The van der Waals surface area contributed by atoms with Crippen molar-refractivity contribution in [1.82, 2.24) is 15.1 Å². The first-order valence-corrected chi connectivity index (χ1v) is 11.7. The van der Waals surface area contributed by atoms with Crippen molar-refractivity contribution in [2.24, 2.45) is 13.0 Å². The van der Waals surface area contributed by atoms with Gasteiger partial charge in [0.05, 0.1) is 27.0 Å². The molecule has 182 valence electrons. The van der Waals surface area contributed by atoms with E-state index in [-0.39, 0.29) is 66.4 Å². The number of halogens is 5. The molecule has 0 aliphatic heterocycles. The van der Waals surface area contributed by atoms with Gasteiger partial charge in [-0.3, -0.25) is 14.3 Å². The summed E-state index contributed by atoms with van der Waals surface area (Å²) in [7, 11) is 1.60. The summed E-state index contributed by atoms with van der Waals surface area (Å²) in [5, 5.41) is 9.47. The maximum atomic E-state index is 12.7. The number of rotatable bonds is 8. The van der Waals surface area contributed by atoms with Crippen LogP contribution in [0.2, 0.25) is 25.1 Å². The molecule has 0 saturated carbocycles. The first-order chi connectivity index (χ1) is 16.0. The van der Waals surface area contributed by atoms with Crippen LogP contribution in [0.1, 0.15) is 40.7 Å². The van der Waals surface area contributed by atoms with Crippen molar-refractivity contribution in [3.8, 4) is 5.75 Å². The molecule has 0 spiro atoms. The van der Waals surface area contributed by atoms with Crippen molar-refractivity contribution in [3.63, 3.8) is 0 Å². The van der Waals surface area contributed by atoms with E-state index < -0.39 is 5.91 Å². The quantitative estimate of drug-likeness (QED) is 0.239. The Hall–Kier alpha value is -2.10. The molecule has 13 heteroatoms. The summed E-state index contributed by atoms with van der Waals surface area (Å²) in [5.74, 6) is -0.362. The van der Waals surface area contributed by atoms with Gasteiger partial charge in [-0.15, -0.1) is 0 Å². The summed E-state index contributed by atoms with van der Waals surface area (Å²) in [4.78, 5) is 25.2. The molecule has 2 amide bonds. The summed E-state index contributed by atoms with van der Waals surface area (Å²) >= 11 is 30.3. The molecule has 3 aromatic rings. The molecule has 0 saturated heterocycles. The zero-order chi connectivity index (χ0) is 25.2. The van der Waals surface area contributed by atoms with E-state index in [1.54, 1.807) is 7.05 Å². The molecule has 0 bridgehead atoms. The van der Waals surface area contributed by atoms with Crippen LogP contribution >= 0.6 is 58.0 Å². The van der Waals surface area contributed by atoms with Crippen LogP contribution in [0.15, 0.2) is 22.7 Å². The molecule has 0 fully saturated rings. The molecule has 34 heavy (non-hydrogen) atoms. The number of ether oxygens (including phenoxy) is 1. The standard InChI is InChI=1S/C21H19Cl5N4O4/c1-9(2)6-27-21(32)18-11(7-28-30(18)3)29-20(31)12-5-4-10(34-12)8-33-19-16(25)14(23)13(22)15(24)17(19)26/h4-5,7,9H,6,8H2,1-3H3,(H,27,32)(H,29,31). The van der Waals surface area contributed by atoms with E-state index in [0.29, 0.717) is 12.3 Å². The van der Waals surface area contributed by atoms with Gasteiger partial charge in [-0.25, -0.2) is 0 Å². The van der Waals surface area contributed by atoms with Crippen LogP contribution in [0.4, 0.5) is 5.69 Å². The summed E-state index contributed by atoms with van der Waals surface area (Å²) in [5.41, 5.74) is 0.455. The Morgan fingerprint density at radius 1 is 1.03 bits per heavy atom. The molecule has 0 atom stereocenters. The third kappa shape index (κ3) is 5.75. The topological polar surface area (TPSA) is 98.4 Å². The highest BCUT2D eigenvalue weighted by Gasteiger charge is 2.23. The number of aromatic nitrogens is 2. The minimum Gasteiger partial charge on any atom is -0.482 e. The molecule has 2 N–H and O–H groups in total. The number of hydrogen-bond donors (Lipinski definition) is 2. The second-order valence-electron chi connectivity index (χ2n) is 7.54. The lowest BCUT2D eigenvalue weighted by atomic mass is 10.2. The van der Waals surface area contributed by atoms with E-state index in [0.717, 1.165) is 0 Å². The molecule has 0 unspecified atom stereocenters. The van der Waals surface area contributed by atoms with Gasteiger partial charge < -0.3 is 19.8 Å². The summed E-state index contributed by atoms with van der Waals surface area (Å²) in [6.45, 7) is 4.30. The second kappa shape index (κ2) is 11.1. The lowest BCUT2D eigenvalue weighted by Crippen LogP contribution is -2.30. The minimum absolute atomic E-state index is 0.00282. The summed E-state index contributed by atoms with van der Waals surface area (Å²) in [6.07, 6.45) is 1.38. The minimum atomic E-state index is -0.578. The van der Waals surface area contributed by atoms with Crippen molar-refractivity contribution >= 4 is 75.5 Å². The Labute approximate surface area is 220 Å². The molecule has 0 aliphatic rings. The Kier molecular flexibility index (Phi) is 8.65. The number of anilines is 1. The molecule has 0 radical (unpaired) electrons. The van der Waals surface area contributed by atoms with E-state index in [2.05, 4.69) is 15.7 Å². The average Bonchev–Trinajstić information content (AvgIpc) is 3.41. The highest BCUT2D eigenvalue weighted by molar-refractivity contribution is 6.55. The fourth-order valence-corrected chi connectivity index (χ4v) is 4.03. The highest BCUT2D eigenvalue weighted by atomic mass is 35.5.